The van der Waals surface area contributed by atoms with Crippen molar-refractivity contribution in [3.8, 4) is 0 Å². The molecule has 0 bridgehead atoms. The molecule has 2 rings (SSSR count). The third-order valence-electron chi connectivity index (χ3n) is 2.75. The van der Waals surface area contributed by atoms with Crippen LogP contribution in [0, 0.1) is 0 Å². The van der Waals surface area contributed by atoms with Gasteiger partial charge in [0.2, 0.25) is 5.91 Å². The van der Waals surface area contributed by atoms with Crippen molar-refractivity contribution in [3.63, 3.8) is 0 Å². The van der Waals surface area contributed by atoms with Crippen LogP contribution >= 0.6 is 11.8 Å². The van der Waals surface area contributed by atoms with Gasteiger partial charge in [-0.3, -0.25) is 23.7 Å². The van der Waals surface area contributed by atoms with E-state index in [0.29, 0.717) is 22.4 Å². The first-order valence-corrected chi connectivity index (χ1v) is 6.90. The van der Waals surface area contributed by atoms with Crippen molar-refractivity contribution in [3.05, 3.63) is 22.1 Å². The van der Waals surface area contributed by atoms with E-state index in [2.05, 4.69) is 4.98 Å². The standard InChI is InChI=1S/C11H12N4O5S/c12-7(16)4-14(5-8(17)18)9(19)6-3-13-11-15(10(6)20)1-2-21-11/h3H,1-2,4-5H2,(H2,12,16)(H,17,18). The molecule has 0 fully saturated rings. The van der Waals surface area contributed by atoms with Gasteiger partial charge >= 0.3 is 5.97 Å². The van der Waals surface area contributed by atoms with Crippen LogP contribution in [0.25, 0.3) is 0 Å². The van der Waals surface area contributed by atoms with Gasteiger partial charge in [-0.25, -0.2) is 4.98 Å². The normalized spacial score (nSPS) is 12.8. The Morgan fingerprint density at radius 2 is 2.14 bits per heavy atom. The highest BCUT2D eigenvalue weighted by Gasteiger charge is 2.26. The van der Waals surface area contributed by atoms with E-state index < -0.39 is 36.4 Å². The molecule has 0 radical (unpaired) electrons. The predicted molar refractivity (Wildman–Crippen MR) is 72.0 cm³/mol. The molecule has 0 aromatic carbocycles. The number of thioether (sulfide) groups is 1. The van der Waals surface area contributed by atoms with E-state index in [4.69, 9.17) is 10.8 Å². The van der Waals surface area contributed by atoms with E-state index in [-0.39, 0.29) is 5.56 Å². The van der Waals surface area contributed by atoms with Gasteiger partial charge < -0.3 is 15.7 Å². The van der Waals surface area contributed by atoms with Crippen LogP contribution < -0.4 is 11.3 Å². The van der Waals surface area contributed by atoms with Crippen molar-refractivity contribution in [2.24, 2.45) is 5.73 Å². The molecule has 10 heteroatoms. The Kier molecular flexibility index (Phi) is 4.26. The lowest BCUT2D eigenvalue weighted by Gasteiger charge is -2.18. The minimum absolute atomic E-state index is 0.274. The monoisotopic (exact) mass is 312 g/mol. The second-order valence-electron chi connectivity index (χ2n) is 4.28. The number of rotatable bonds is 5. The Morgan fingerprint density at radius 1 is 1.43 bits per heavy atom. The Balaban J connectivity index is 2.35. The summed E-state index contributed by atoms with van der Waals surface area (Å²) in [7, 11) is 0. The molecule has 9 nitrogen and oxygen atoms in total. The number of hydrogen-bond donors (Lipinski definition) is 2. The minimum atomic E-state index is -1.31. The molecular formula is C11H12N4O5S. The van der Waals surface area contributed by atoms with Gasteiger partial charge in [0.25, 0.3) is 11.5 Å². The molecule has 1 aromatic heterocycles. The first-order chi connectivity index (χ1) is 9.90. The molecule has 3 N–H and O–H groups in total. The van der Waals surface area contributed by atoms with Gasteiger partial charge in [0.05, 0.1) is 0 Å². The second kappa shape index (κ2) is 5.95. The van der Waals surface area contributed by atoms with E-state index in [9.17, 15) is 19.2 Å². The van der Waals surface area contributed by atoms with Gasteiger partial charge in [0.15, 0.2) is 5.16 Å². The average molecular weight is 312 g/mol. The molecule has 0 saturated carbocycles. The third kappa shape index (κ3) is 3.21. The number of carbonyl (C=O) groups excluding carboxylic acids is 2. The van der Waals surface area contributed by atoms with Gasteiger partial charge in [-0.05, 0) is 0 Å². The van der Waals surface area contributed by atoms with Crippen molar-refractivity contribution in [2.75, 3.05) is 18.8 Å². The molecule has 0 spiro atoms. The molecule has 0 aliphatic carbocycles. The topological polar surface area (TPSA) is 136 Å². The number of carboxylic acids is 1. The average Bonchev–Trinajstić information content (AvgIpc) is 2.86. The van der Waals surface area contributed by atoms with E-state index in [0.717, 1.165) is 6.20 Å². The fourth-order valence-electron chi connectivity index (χ4n) is 1.89. The molecule has 21 heavy (non-hydrogen) atoms. The smallest absolute Gasteiger partial charge is 0.323 e. The van der Waals surface area contributed by atoms with Crippen LogP contribution in [0.3, 0.4) is 0 Å². The van der Waals surface area contributed by atoms with Crippen LogP contribution in [0.15, 0.2) is 16.1 Å². The van der Waals surface area contributed by atoms with E-state index in [1.165, 1.54) is 16.3 Å². The maximum absolute atomic E-state index is 12.2. The van der Waals surface area contributed by atoms with E-state index in [1.807, 2.05) is 0 Å². The van der Waals surface area contributed by atoms with Gasteiger partial charge in [0, 0.05) is 18.5 Å². The lowest BCUT2D eigenvalue weighted by Crippen LogP contribution is -2.44. The van der Waals surface area contributed by atoms with Crippen molar-refractivity contribution < 1.29 is 19.5 Å². The maximum Gasteiger partial charge on any atom is 0.323 e. The SMILES string of the molecule is NC(=O)CN(CC(=O)O)C(=O)c1cnc2n(c1=O)CCS2. The van der Waals surface area contributed by atoms with Crippen LogP contribution in [-0.2, 0) is 16.1 Å². The summed E-state index contributed by atoms with van der Waals surface area (Å²) in [6.45, 7) is -0.875. The fraction of sp³-hybridized carbons (Fsp3) is 0.364. The number of nitrogens with two attached hydrogens (primary N) is 1. The number of carboxylic acid groups (broad SMARTS) is 1. The molecule has 0 saturated heterocycles. The van der Waals surface area contributed by atoms with Crippen molar-refractivity contribution in [1.29, 1.82) is 0 Å². The lowest BCUT2D eigenvalue weighted by molar-refractivity contribution is -0.138. The fourth-order valence-corrected chi connectivity index (χ4v) is 2.80. The third-order valence-corrected chi connectivity index (χ3v) is 3.72. The van der Waals surface area contributed by atoms with E-state index in [1.54, 1.807) is 0 Å². The molecule has 2 amide bonds. The maximum atomic E-state index is 12.2. The van der Waals surface area contributed by atoms with Gasteiger partial charge in [-0.1, -0.05) is 11.8 Å². The first kappa shape index (κ1) is 15.0. The summed E-state index contributed by atoms with van der Waals surface area (Å²) in [5.74, 6) is -2.37. The molecular weight excluding hydrogens is 300 g/mol. The number of nitrogens with zero attached hydrogens (tertiary/aromatic N) is 3. The highest BCUT2D eigenvalue weighted by Crippen LogP contribution is 2.20. The summed E-state index contributed by atoms with van der Waals surface area (Å²) in [6.07, 6.45) is 1.10. The predicted octanol–water partition coefficient (Wildman–Crippen LogP) is -1.64. The van der Waals surface area contributed by atoms with Crippen molar-refractivity contribution >= 4 is 29.5 Å². The largest absolute Gasteiger partial charge is 0.480 e. The number of primary amides is 1. The van der Waals surface area contributed by atoms with Crippen LogP contribution in [0.4, 0.5) is 0 Å². The van der Waals surface area contributed by atoms with Crippen LogP contribution in [0.5, 0.6) is 0 Å². The summed E-state index contributed by atoms with van der Waals surface area (Å²) in [5.41, 5.74) is 4.16. The first-order valence-electron chi connectivity index (χ1n) is 5.92. The molecule has 112 valence electrons. The summed E-state index contributed by atoms with van der Waals surface area (Å²) >= 11 is 1.39. The molecule has 0 atom stereocenters. The Labute approximate surface area is 122 Å². The summed E-state index contributed by atoms with van der Waals surface area (Å²) < 4.78 is 1.35. The van der Waals surface area contributed by atoms with Crippen molar-refractivity contribution in [2.45, 2.75) is 11.7 Å². The van der Waals surface area contributed by atoms with Crippen molar-refractivity contribution in [1.82, 2.24) is 14.5 Å². The Hall–Kier alpha value is -2.36. The van der Waals surface area contributed by atoms with Crippen LogP contribution in [0.2, 0.25) is 0 Å². The van der Waals surface area contributed by atoms with Crippen LogP contribution in [-0.4, -0.2) is 56.2 Å². The number of aromatic nitrogens is 2. The number of aliphatic carboxylic acids is 1. The summed E-state index contributed by atoms with van der Waals surface area (Å²) in [4.78, 5) is 50.8. The van der Waals surface area contributed by atoms with Gasteiger partial charge in [-0.2, -0.15) is 0 Å². The molecule has 0 unspecified atom stereocenters. The Bertz CT molecular complexity index is 655. The second-order valence-corrected chi connectivity index (χ2v) is 5.34. The van der Waals surface area contributed by atoms with E-state index >= 15 is 0 Å². The van der Waals surface area contributed by atoms with Crippen LogP contribution in [0.1, 0.15) is 10.4 Å². The zero-order valence-electron chi connectivity index (χ0n) is 10.8. The zero-order chi connectivity index (χ0) is 15.6. The quantitative estimate of drug-likeness (QED) is 0.622. The number of hydrogen-bond acceptors (Lipinski definition) is 6. The molecule has 2 heterocycles. The Morgan fingerprint density at radius 3 is 2.76 bits per heavy atom. The number of fused-ring (bicyclic) bond motifs is 1. The lowest BCUT2D eigenvalue weighted by atomic mass is 10.2. The highest BCUT2D eigenvalue weighted by molar-refractivity contribution is 7.99. The summed E-state index contributed by atoms with van der Waals surface area (Å²) in [5, 5.41) is 9.28. The molecule has 1 aromatic rings. The minimum Gasteiger partial charge on any atom is -0.480 e. The van der Waals surface area contributed by atoms with Gasteiger partial charge in [-0.15, -0.1) is 0 Å². The van der Waals surface area contributed by atoms with Gasteiger partial charge in [0.1, 0.15) is 18.7 Å². The summed E-state index contributed by atoms with van der Waals surface area (Å²) in [6, 6.07) is 0. The zero-order valence-corrected chi connectivity index (χ0v) is 11.6. The number of carbonyl (C=O) groups is 3. The highest BCUT2D eigenvalue weighted by atomic mass is 32.2. The molecule has 1 aliphatic heterocycles. The molecule has 1 aliphatic rings. The number of amides is 2.